The Morgan fingerprint density at radius 2 is 1.87 bits per heavy atom. The van der Waals surface area contributed by atoms with Crippen LogP contribution in [0.2, 0.25) is 0 Å². The second kappa shape index (κ2) is 9.37. The van der Waals surface area contributed by atoms with Crippen molar-refractivity contribution in [1.82, 2.24) is 19.7 Å². The minimum absolute atomic E-state index is 0.457. The molecule has 1 aliphatic heterocycles. The number of benzene rings is 1. The van der Waals surface area contributed by atoms with Gasteiger partial charge in [0.05, 0.1) is 13.1 Å². The van der Waals surface area contributed by atoms with Crippen LogP contribution in [0, 0.1) is 0 Å². The molecule has 1 aromatic carbocycles. The number of fused-ring (bicyclic) bond motifs is 1. The average Bonchev–Trinajstić information content (AvgIpc) is 3.35. The number of hydrogen-bond donors (Lipinski definition) is 2. The molecular formula is C19H20F3N5O2S. The summed E-state index contributed by atoms with van der Waals surface area (Å²) >= 11 is 1.82. The third kappa shape index (κ3) is 5.43. The number of hydrogen-bond acceptors (Lipinski definition) is 6. The Kier molecular flexibility index (Phi) is 6.85. The van der Waals surface area contributed by atoms with Crippen LogP contribution >= 0.6 is 11.3 Å². The summed E-state index contributed by atoms with van der Waals surface area (Å²) in [5.74, 6) is -0.842. The summed E-state index contributed by atoms with van der Waals surface area (Å²) in [6, 6.07) is 12.8. The highest BCUT2D eigenvalue weighted by molar-refractivity contribution is 7.10. The molecule has 0 amide bonds. The summed E-state index contributed by atoms with van der Waals surface area (Å²) in [5, 5.41) is 17.8. The topological polar surface area (TPSA) is 97.3 Å². The van der Waals surface area contributed by atoms with Crippen LogP contribution in [0.3, 0.4) is 0 Å². The zero-order valence-corrected chi connectivity index (χ0v) is 16.7. The zero-order chi connectivity index (χ0) is 21.7. The lowest BCUT2D eigenvalue weighted by Gasteiger charge is -2.27. The van der Waals surface area contributed by atoms with Crippen LogP contribution in [0.5, 0.6) is 0 Å². The molecule has 30 heavy (non-hydrogen) atoms. The SMILES string of the molecule is NCc1nnc2n1CCN(Cc1cc(-c3ccccc3)cs1)C2.O=C(O)C(F)(F)F. The first-order chi connectivity index (χ1) is 14.3. The fraction of sp³-hybridized carbons (Fsp3) is 0.316. The molecule has 0 bridgehead atoms. The van der Waals surface area contributed by atoms with Crippen molar-refractivity contribution >= 4 is 17.3 Å². The predicted octanol–water partition coefficient (Wildman–Crippen LogP) is 3.11. The van der Waals surface area contributed by atoms with E-state index < -0.39 is 12.1 Å². The van der Waals surface area contributed by atoms with Crippen molar-refractivity contribution in [2.75, 3.05) is 6.54 Å². The fourth-order valence-electron chi connectivity index (χ4n) is 3.02. The first kappa shape index (κ1) is 21.9. The van der Waals surface area contributed by atoms with E-state index in [4.69, 9.17) is 15.6 Å². The molecule has 7 nitrogen and oxygen atoms in total. The van der Waals surface area contributed by atoms with E-state index in [0.717, 1.165) is 37.8 Å². The number of aromatic nitrogens is 3. The van der Waals surface area contributed by atoms with E-state index in [1.807, 2.05) is 11.3 Å². The highest BCUT2D eigenvalue weighted by atomic mass is 32.1. The molecule has 3 heterocycles. The number of aliphatic carboxylic acids is 1. The van der Waals surface area contributed by atoms with E-state index in [2.05, 4.69) is 61.4 Å². The Balaban J connectivity index is 0.000000318. The summed E-state index contributed by atoms with van der Waals surface area (Å²) in [6.45, 7) is 4.19. The average molecular weight is 439 g/mol. The summed E-state index contributed by atoms with van der Waals surface area (Å²) in [6.07, 6.45) is -5.08. The number of rotatable bonds is 4. The van der Waals surface area contributed by atoms with Crippen molar-refractivity contribution in [3.05, 3.63) is 58.3 Å². The first-order valence-electron chi connectivity index (χ1n) is 9.04. The number of carboxylic acid groups (broad SMARTS) is 1. The van der Waals surface area contributed by atoms with Crippen LogP contribution < -0.4 is 5.73 Å². The monoisotopic (exact) mass is 439 g/mol. The number of halogens is 3. The Bertz CT molecular complexity index is 988. The maximum Gasteiger partial charge on any atom is 0.490 e. The lowest BCUT2D eigenvalue weighted by Crippen LogP contribution is -2.34. The van der Waals surface area contributed by atoms with Crippen molar-refractivity contribution in [3.8, 4) is 11.1 Å². The highest BCUT2D eigenvalue weighted by Gasteiger charge is 2.38. The van der Waals surface area contributed by atoms with Crippen LogP contribution in [0.1, 0.15) is 16.5 Å². The molecule has 3 N–H and O–H groups in total. The molecule has 160 valence electrons. The Morgan fingerprint density at radius 3 is 2.50 bits per heavy atom. The van der Waals surface area contributed by atoms with Crippen molar-refractivity contribution in [3.63, 3.8) is 0 Å². The van der Waals surface area contributed by atoms with E-state index in [0.29, 0.717) is 6.54 Å². The molecule has 0 spiro atoms. The highest BCUT2D eigenvalue weighted by Crippen LogP contribution is 2.27. The van der Waals surface area contributed by atoms with Gasteiger partial charge in [0.1, 0.15) is 11.6 Å². The van der Waals surface area contributed by atoms with Crippen LogP contribution in [-0.2, 0) is 31.0 Å². The minimum Gasteiger partial charge on any atom is -0.475 e. The smallest absolute Gasteiger partial charge is 0.475 e. The number of carboxylic acids is 1. The van der Waals surface area contributed by atoms with E-state index in [1.54, 1.807) is 0 Å². The van der Waals surface area contributed by atoms with Gasteiger partial charge in [-0.3, -0.25) is 4.90 Å². The second-order valence-electron chi connectivity index (χ2n) is 6.57. The molecule has 0 radical (unpaired) electrons. The van der Waals surface area contributed by atoms with Gasteiger partial charge in [-0.2, -0.15) is 13.2 Å². The molecule has 0 unspecified atom stereocenters. The second-order valence-corrected chi connectivity index (χ2v) is 7.57. The van der Waals surface area contributed by atoms with E-state index >= 15 is 0 Å². The molecule has 2 aromatic heterocycles. The van der Waals surface area contributed by atoms with Crippen LogP contribution in [0.25, 0.3) is 11.1 Å². The maximum atomic E-state index is 10.6. The van der Waals surface area contributed by atoms with E-state index in [-0.39, 0.29) is 0 Å². The third-order valence-corrected chi connectivity index (χ3v) is 5.40. The largest absolute Gasteiger partial charge is 0.490 e. The predicted molar refractivity (Wildman–Crippen MR) is 105 cm³/mol. The number of nitrogens with zero attached hydrogens (tertiary/aromatic N) is 4. The fourth-order valence-corrected chi connectivity index (χ4v) is 3.95. The van der Waals surface area contributed by atoms with Crippen molar-refractivity contribution in [2.45, 2.75) is 32.4 Å². The van der Waals surface area contributed by atoms with Gasteiger partial charge in [0.2, 0.25) is 0 Å². The zero-order valence-electron chi connectivity index (χ0n) is 15.8. The molecule has 0 saturated carbocycles. The molecule has 0 aliphatic carbocycles. The number of carbonyl (C=O) groups is 1. The Morgan fingerprint density at radius 1 is 1.17 bits per heavy atom. The maximum absolute atomic E-state index is 10.6. The Labute approximate surface area is 174 Å². The molecule has 3 aromatic rings. The van der Waals surface area contributed by atoms with Gasteiger partial charge in [0.25, 0.3) is 0 Å². The lowest BCUT2D eigenvalue weighted by molar-refractivity contribution is -0.192. The standard InChI is InChI=1S/C17H19N5S.C2HF3O2/c18-9-16-19-20-17-11-21(6-7-22(16)17)10-15-8-14(12-23-15)13-4-2-1-3-5-13;3-2(4,5)1(6)7/h1-5,8,12H,6-7,9-11,18H2;(H,6,7). The van der Waals surface area contributed by atoms with Gasteiger partial charge in [-0.15, -0.1) is 21.5 Å². The molecule has 0 atom stereocenters. The lowest BCUT2D eigenvalue weighted by atomic mass is 10.1. The van der Waals surface area contributed by atoms with Gasteiger partial charge in [0, 0.05) is 24.5 Å². The van der Waals surface area contributed by atoms with Gasteiger partial charge in [-0.1, -0.05) is 30.3 Å². The number of thiophene rings is 1. The third-order valence-electron chi connectivity index (χ3n) is 4.47. The quantitative estimate of drug-likeness (QED) is 0.648. The summed E-state index contributed by atoms with van der Waals surface area (Å²) in [4.78, 5) is 12.7. The molecular weight excluding hydrogens is 419 g/mol. The number of alkyl halides is 3. The van der Waals surface area contributed by atoms with Gasteiger partial charge in [-0.25, -0.2) is 4.79 Å². The summed E-state index contributed by atoms with van der Waals surface area (Å²) in [5.41, 5.74) is 8.28. The molecule has 0 saturated heterocycles. The van der Waals surface area contributed by atoms with E-state index in [9.17, 15) is 13.2 Å². The normalized spacial score (nSPS) is 14.0. The van der Waals surface area contributed by atoms with Crippen LogP contribution in [0.4, 0.5) is 13.2 Å². The van der Waals surface area contributed by atoms with Crippen LogP contribution in [-0.4, -0.2) is 43.5 Å². The molecule has 4 rings (SSSR count). The molecule has 0 fully saturated rings. The van der Waals surface area contributed by atoms with Gasteiger partial charge in [0.15, 0.2) is 0 Å². The Hall–Kier alpha value is -2.76. The van der Waals surface area contributed by atoms with E-state index in [1.165, 1.54) is 16.0 Å². The van der Waals surface area contributed by atoms with Crippen molar-refractivity contribution in [1.29, 1.82) is 0 Å². The van der Waals surface area contributed by atoms with Crippen LogP contribution in [0.15, 0.2) is 41.8 Å². The first-order valence-corrected chi connectivity index (χ1v) is 9.92. The van der Waals surface area contributed by atoms with Gasteiger partial charge >= 0.3 is 12.1 Å². The summed E-state index contributed by atoms with van der Waals surface area (Å²) < 4.78 is 33.9. The number of nitrogens with two attached hydrogens (primary N) is 1. The van der Waals surface area contributed by atoms with Crippen molar-refractivity contribution in [2.24, 2.45) is 5.73 Å². The molecule has 11 heteroatoms. The van der Waals surface area contributed by atoms with Gasteiger partial charge in [-0.05, 0) is 22.6 Å². The van der Waals surface area contributed by atoms with Crippen molar-refractivity contribution < 1.29 is 23.1 Å². The summed E-state index contributed by atoms with van der Waals surface area (Å²) in [7, 11) is 0. The molecule has 1 aliphatic rings. The van der Waals surface area contributed by atoms with Gasteiger partial charge < -0.3 is 15.4 Å². The minimum atomic E-state index is -5.08.